The molecule has 0 saturated heterocycles. The minimum Gasteiger partial charge on any atom is -0.353 e. The van der Waals surface area contributed by atoms with Crippen LogP contribution in [-0.2, 0) is 11.2 Å². The van der Waals surface area contributed by atoms with Gasteiger partial charge in [-0.1, -0.05) is 19.3 Å². The van der Waals surface area contributed by atoms with E-state index in [-0.39, 0.29) is 24.1 Å². The van der Waals surface area contributed by atoms with Crippen molar-refractivity contribution in [3.63, 3.8) is 0 Å². The van der Waals surface area contributed by atoms with Crippen LogP contribution in [0.5, 0.6) is 0 Å². The number of rotatable bonds is 4. The molecule has 1 amide bonds. The molecule has 7 nitrogen and oxygen atoms in total. The van der Waals surface area contributed by atoms with Crippen molar-refractivity contribution in [3.05, 3.63) is 34.0 Å². The summed E-state index contributed by atoms with van der Waals surface area (Å²) in [6, 6.07) is 4.72. The van der Waals surface area contributed by atoms with Gasteiger partial charge in [-0.15, -0.1) is 0 Å². The number of nitro groups is 1. The van der Waals surface area contributed by atoms with Gasteiger partial charge in [0.25, 0.3) is 5.69 Å². The average Bonchev–Trinajstić information content (AvgIpc) is 2.90. The molecule has 1 aliphatic rings. The SMILES string of the molecule is O=C(Cc1[nH]nc2ccc([N+](=O)[O-])cc12)NC1CCCCC1. The lowest BCUT2D eigenvalue weighted by Crippen LogP contribution is -2.37. The molecular formula is C15H18N4O3. The van der Waals surface area contributed by atoms with E-state index in [1.54, 1.807) is 6.07 Å². The third kappa shape index (κ3) is 3.08. The molecule has 0 aliphatic heterocycles. The molecule has 1 saturated carbocycles. The molecule has 0 bridgehead atoms. The smallest absolute Gasteiger partial charge is 0.270 e. The molecule has 1 heterocycles. The maximum absolute atomic E-state index is 12.1. The zero-order chi connectivity index (χ0) is 15.5. The minimum absolute atomic E-state index is 0.00263. The van der Waals surface area contributed by atoms with Gasteiger partial charge >= 0.3 is 0 Å². The van der Waals surface area contributed by atoms with Crippen molar-refractivity contribution in [1.29, 1.82) is 0 Å². The van der Waals surface area contributed by atoms with Crippen molar-refractivity contribution in [2.75, 3.05) is 0 Å². The number of carbonyl (C=O) groups excluding carboxylic acids is 1. The first kappa shape index (κ1) is 14.5. The predicted octanol–water partition coefficient (Wildman–Crippen LogP) is 2.46. The molecule has 1 aromatic carbocycles. The van der Waals surface area contributed by atoms with Crippen LogP contribution in [0, 0.1) is 10.1 Å². The Bertz CT molecular complexity index is 704. The van der Waals surface area contributed by atoms with E-state index < -0.39 is 4.92 Å². The fourth-order valence-electron chi connectivity index (χ4n) is 2.99. The quantitative estimate of drug-likeness (QED) is 0.669. The van der Waals surface area contributed by atoms with Crippen molar-refractivity contribution >= 4 is 22.5 Å². The number of nitrogens with zero attached hydrogens (tertiary/aromatic N) is 2. The zero-order valence-corrected chi connectivity index (χ0v) is 12.2. The van der Waals surface area contributed by atoms with Gasteiger partial charge in [-0.25, -0.2) is 0 Å². The molecule has 22 heavy (non-hydrogen) atoms. The van der Waals surface area contributed by atoms with Crippen LogP contribution in [0.15, 0.2) is 18.2 Å². The van der Waals surface area contributed by atoms with Crippen LogP contribution in [0.1, 0.15) is 37.8 Å². The van der Waals surface area contributed by atoms with Crippen LogP contribution < -0.4 is 5.32 Å². The summed E-state index contributed by atoms with van der Waals surface area (Å²) in [6.07, 6.45) is 5.77. The summed E-state index contributed by atoms with van der Waals surface area (Å²) in [5, 5.41) is 21.4. The van der Waals surface area contributed by atoms with Gasteiger partial charge < -0.3 is 5.32 Å². The first-order valence-electron chi connectivity index (χ1n) is 7.54. The van der Waals surface area contributed by atoms with Gasteiger partial charge in [0.05, 0.1) is 22.6 Å². The van der Waals surface area contributed by atoms with Gasteiger partial charge in [-0.05, 0) is 18.9 Å². The van der Waals surface area contributed by atoms with Crippen molar-refractivity contribution in [2.45, 2.75) is 44.6 Å². The Morgan fingerprint density at radius 3 is 2.86 bits per heavy atom. The number of H-pyrrole nitrogens is 1. The van der Waals surface area contributed by atoms with Crippen molar-refractivity contribution in [2.24, 2.45) is 0 Å². The van der Waals surface area contributed by atoms with E-state index in [9.17, 15) is 14.9 Å². The highest BCUT2D eigenvalue weighted by atomic mass is 16.6. The van der Waals surface area contributed by atoms with Crippen LogP contribution in [0.25, 0.3) is 10.9 Å². The van der Waals surface area contributed by atoms with E-state index >= 15 is 0 Å². The van der Waals surface area contributed by atoms with Gasteiger partial charge in [-0.2, -0.15) is 5.10 Å². The summed E-state index contributed by atoms with van der Waals surface area (Å²) in [5.41, 5.74) is 1.25. The summed E-state index contributed by atoms with van der Waals surface area (Å²) in [5.74, 6) is -0.0658. The first-order chi connectivity index (χ1) is 10.6. The highest BCUT2D eigenvalue weighted by molar-refractivity contribution is 5.88. The van der Waals surface area contributed by atoms with Crippen molar-refractivity contribution in [3.8, 4) is 0 Å². The second-order valence-electron chi connectivity index (χ2n) is 5.74. The number of nitrogens with one attached hydrogen (secondary N) is 2. The van der Waals surface area contributed by atoms with Crippen LogP contribution in [-0.4, -0.2) is 27.1 Å². The second kappa shape index (κ2) is 6.13. The number of aromatic nitrogens is 2. The van der Waals surface area contributed by atoms with E-state index in [4.69, 9.17) is 0 Å². The number of hydrogen-bond acceptors (Lipinski definition) is 4. The maximum atomic E-state index is 12.1. The Labute approximate surface area is 127 Å². The van der Waals surface area contributed by atoms with Crippen molar-refractivity contribution < 1.29 is 9.72 Å². The Morgan fingerprint density at radius 1 is 1.36 bits per heavy atom. The third-order valence-electron chi connectivity index (χ3n) is 4.14. The highest BCUT2D eigenvalue weighted by Gasteiger charge is 2.18. The number of non-ortho nitro benzene ring substituents is 1. The second-order valence-corrected chi connectivity index (χ2v) is 5.74. The Hall–Kier alpha value is -2.44. The van der Waals surface area contributed by atoms with Gasteiger partial charge in [0, 0.05) is 23.6 Å². The van der Waals surface area contributed by atoms with Crippen LogP contribution in [0.3, 0.4) is 0 Å². The lowest BCUT2D eigenvalue weighted by molar-refractivity contribution is -0.384. The van der Waals surface area contributed by atoms with E-state index in [1.807, 2.05) is 0 Å². The van der Waals surface area contributed by atoms with E-state index in [1.165, 1.54) is 18.6 Å². The molecule has 0 radical (unpaired) electrons. The van der Waals surface area contributed by atoms with Crippen LogP contribution >= 0.6 is 0 Å². The van der Waals surface area contributed by atoms with Gasteiger partial charge in [-0.3, -0.25) is 20.0 Å². The van der Waals surface area contributed by atoms with E-state index in [0.29, 0.717) is 16.6 Å². The maximum Gasteiger partial charge on any atom is 0.270 e. The number of aromatic amines is 1. The number of amides is 1. The molecule has 2 aromatic rings. The monoisotopic (exact) mass is 302 g/mol. The molecule has 116 valence electrons. The summed E-state index contributed by atoms with van der Waals surface area (Å²) in [4.78, 5) is 22.6. The Balaban J connectivity index is 1.73. The minimum atomic E-state index is -0.446. The lowest BCUT2D eigenvalue weighted by Gasteiger charge is -2.22. The zero-order valence-electron chi connectivity index (χ0n) is 12.2. The number of fused-ring (bicyclic) bond motifs is 1. The van der Waals surface area contributed by atoms with Crippen LogP contribution in [0.2, 0.25) is 0 Å². The number of carbonyl (C=O) groups is 1. The fraction of sp³-hybridized carbons (Fsp3) is 0.467. The predicted molar refractivity (Wildman–Crippen MR) is 81.5 cm³/mol. The lowest BCUT2D eigenvalue weighted by atomic mass is 9.95. The highest BCUT2D eigenvalue weighted by Crippen LogP contribution is 2.23. The number of benzene rings is 1. The summed E-state index contributed by atoms with van der Waals surface area (Å²) >= 11 is 0. The molecule has 1 aliphatic carbocycles. The molecule has 0 unspecified atom stereocenters. The standard InChI is InChI=1S/C15H18N4O3/c20-15(16-10-4-2-1-3-5-10)9-14-12-8-11(19(21)22)6-7-13(12)17-18-14/h6-8,10H,1-5,9H2,(H,16,20)(H,17,18). The average molecular weight is 302 g/mol. The third-order valence-corrected chi connectivity index (χ3v) is 4.14. The summed E-state index contributed by atoms with van der Waals surface area (Å²) < 4.78 is 0. The Kier molecular flexibility index (Phi) is 4.04. The van der Waals surface area contributed by atoms with Crippen molar-refractivity contribution in [1.82, 2.24) is 15.5 Å². The summed E-state index contributed by atoms with van der Waals surface area (Å²) in [6.45, 7) is 0. The van der Waals surface area contributed by atoms with Gasteiger partial charge in [0.2, 0.25) is 5.91 Å². The summed E-state index contributed by atoms with van der Waals surface area (Å²) in [7, 11) is 0. The first-order valence-corrected chi connectivity index (χ1v) is 7.54. The van der Waals surface area contributed by atoms with Gasteiger partial charge in [0.15, 0.2) is 0 Å². The fourth-order valence-corrected chi connectivity index (χ4v) is 2.99. The number of hydrogen-bond donors (Lipinski definition) is 2. The molecule has 1 fully saturated rings. The Morgan fingerprint density at radius 2 is 2.14 bits per heavy atom. The molecule has 0 atom stereocenters. The largest absolute Gasteiger partial charge is 0.353 e. The van der Waals surface area contributed by atoms with Crippen LogP contribution in [0.4, 0.5) is 5.69 Å². The molecule has 3 rings (SSSR count). The topological polar surface area (TPSA) is 101 Å². The molecule has 2 N–H and O–H groups in total. The van der Waals surface area contributed by atoms with E-state index in [2.05, 4.69) is 15.5 Å². The molecule has 0 spiro atoms. The molecule has 7 heteroatoms. The van der Waals surface area contributed by atoms with Gasteiger partial charge in [0.1, 0.15) is 0 Å². The molecular weight excluding hydrogens is 284 g/mol. The molecule has 1 aromatic heterocycles. The normalized spacial score (nSPS) is 15.8. The number of nitro benzene ring substituents is 1. The van der Waals surface area contributed by atoms with E-state index in [0.717, 1.165) is 25.7 Å².